The number of fused-ring (bicyclic) bond motifs is 2. The van der Waals surface area contributed by atoms with Crippen LogP contribution in [0.25, 0.3) is 42.9 Å². The van der Waals surface area contributed by atoms with Crippen LogP contribution in [-0.2, 0) is 6.54 Å². The van der Waals surface area contributed by atoms with E-state index in [-0.39, 0.29) is 17.9 Å². The Hall–Kier alpha value is -6.18. The molecule has 0 aliphatic heterocycles. The van der Waals surface area contributed by atoms with Crippen LogP contribution in [-0.4, -0.2) is 61.2 Å². The highest BCUT2D eigenvalue weighted by atomic mass is 32.1. The molecule has 2 amide bonds. The third kappa shape index (κ3) is 8.16. The Bertz CT molecular complexity index is 2510. The van der Waals surface area contributed by atoms with Gasteiger partial charge in [-0.3, -0.25) is 19.8 Å². The first-order valence-corrected chi connectivity index (χ1v) is 18.4. The Morgan fingerprint density at radius 2 is 1.43 bits per heavy atom. The van der Waals surface area contributed by atoms with Gasteiger partial charge in [-0.2, -0.15) is 10.2 Å². The second-order valence-corrected chi connectivity index (χ2v) is 14.6. The van der Waals surface area contributed by atoms with Crippen LogP contribution in [0.5, 0.6) is 5.75 Å². The minimum atomic E-state index is -0.0770. The van der Waals surface area contributed by atoms with Gasteiger partial charge in [0.2, 0.25) is 0 Å². The Kier molecular flexibility index (Phi) is 10.4. The molecule has 2 aromatic carbocycles. The van der Waals surface area contributed by atoms with Crippen LogP contribution in [0.15, 0.2) is 110 Å². The zero-order valence-electron chi connectivity index (χ0n) is 29.5. The van der Waals surface area contributed by atoms with E-state index >= 15 is 0 Å². The van der Waals surface area contributed by atoms with Crippen LogP contribution in [0.3, 0.4) is 0 Å². The second-order valence-electron chi connectivity index (χ2n) is 12.5. The molecule has 0 unspecified atom stereocenters. The summed E-state index contributed by atoms with van der Waals surface area (Å²) < 4.78 is 5.25. The van der Waals surface area contributed by atoms with Gasteiger partial charge >= 0.3 is 0 Å². The van der Waals surface area contributed by atoms with Gasteiger partial charge in [0.1, 0.15) is 15.4 Å². The Labute approximate surface area is 313 Å². The van der Waals surface area contributed by atoms with E-state index in [1.165, 1.54) is 28.2 Å². The summed E-state index contributed by atoms with van der Waals surface area (Å²) in [5.74, 6) is 0.684. The smallest absolute Gasteiger partial charge is 0.264 e. The van der Waals surface area contributed by atoms with E-state index < -0.39 is 0 Å². The number of rotatable bonds is 9. The van der Waals surface area contributed by atoms with Crippen molar-refractivity contribution in [2.75, 3.05) is 14.2 Å². The Morgan fingerprint density at radius 1 is 0.811 bits per heavy atom. The maximum Gasteiger partial charge on any atom is 0.264 e. The monoisotopic (exact) mass is 740 g/mol. The average Bonchev–Trinajstić information content (AvgIpc) is 4.01. The molecule has 0 saturated carbocycles. The lowest BCUT2D eigenvalue weighted by Crippen LogP contribution is -2.25. The number of hydrogen-bond acceptors (Lipinski definition) is 9. The molecular weight excluding hydrogens is 705 g/mol. The van der Waals surface area contributed by atoms with Crippen molar-refractivity contribution in [3.8, 4) is 28.3 Å². The van der Waals surface area contributed by atoms with Crippen molar-refractivity contribution in [1.82, 2.24) is 40.6 Å². The maximum atomic E-state index is 12.8. The van der Waals surface area contributed by atoms with Crippen LogP contribution in [0, 0.1) is 6.92 Å². The zero-order chi connectivity index (χ0) is 36.9. The van der Waals surface area contributed by atoms with Gasteiger partial charge in [0.25, 0.3) is 11.8 Å². The second kappa shape index (κ2) is 15.6. The minimum Gasteiger partial charge on any atom is -0.497 e. The van der Waals surface area contributed by atoms with Crippen molar-refractivity contribution in [3.05, 3.63) is 136 Å². The molecule has 11 nitrogen and oxygen atoms in total. The molecule has 53 heavy (non-hydrogen) atoms. The summed E-state index contributed by atoms with van der Waals surface area (Å²) in [6, 6.07) is 27.5. The molecule has 6 aromatic heterocycles. The number of amides is 2. The highest BCUT2D eigenvalue weighted by molar-refractivity contribution is 7.20. The van der Waals surface area contributed by atoms with E-state index in [4.69, 9.17) is 4.74 Å². The summed E-state index contributed by atoms with van der Waals surface area (Å²) in [5.41, 5.74) is 6.83. The Balaban J connectivity index is 0.000000164. The van der Waals surface area contributed by atoms with Gasteiger partial charge in [0.05, 0.1) is 46.7 Å². The molecule has 1 atom stereocenters. The fraction of sp³-hybridized carbons (Fsp3) is 0.150. The van der Waals surface area contributed by atoms with E-state index in [1.807, 2.05) is 92.7 Å². The molecule has 0 aliphatic rings. The van der Waals surface area contributed by atoms with Gasteiger partial charge < -0.3 is 15.0 Å². The first-order chi connectivity index (χ1) is 25.7. The number of hydrogen-bond donors (Lipinski definition) is 3. The van der Waals surface area contributed by atoms with Crippen molar-refractivity contribution in [2.45, 2.75) is 26.4 Å². The van der Waals surface area contributed by atoms with Crippen LogP contribution in [0.2, 0.25) is 0 Å². The molecule has 0 fully saturated rings. The number of thiophene rings is 2. The molecule has 13 heteroatoms. The number of aryl methyl sites for hydroxylation is 1. The van der Waals surface area contributed by atoms with Gasteiger partial charge in [0.15, 0.2) is 0 Å². The highest BCUT2D eigenvalue weighted by Gasteiger charge is 2.18. The third-order valence-electron chi connectivity index (χ3n) is 8.58. The SMILES string of the molecule is COc1cccc(CN(C)C(=O)c2cc3ccc(-c4cn[nH]c4)nc3s2)c1.Cc1cccc([C@@H](C)NC(=O)c2cc3ccc(-c4cn[nH]c4)nc3s2)c1. The molecule has 266 valence electrons. The lowest BCUT2D eigenvalue weighted by atomic mass is 10.1. The fourth-order valence-electron chi connectivity index (χ4n) is 5.75. The first-order valence-electron chi connectivity index (χ1n) is 16.8. The van der Waals surface area contributed by atoms with Crippen molar-refractivity contribution >= 4 is 54.9 Å². The summed E-state index contributed by atoms with van der Waals surface area (Å²) in [6.45, 7) is 4.56. The van der Waals surface area contributed by atoms with Gasteiger partial charge in [-0.25, -0.2) is 9.97 Å². The molecule has 0 saturated heterocycles. The number of carbonyl (C=O) groups is 2. The molecule has 0 bridgehead atoms. The van der Waals surface area contributed by atoms with E-state index in [0.717, 1.165) is 59.8 Å². The summed E-state index contributed by atoms with van der Waals surface area (Å²) in [7, 11) is 3.44. The number of ether oxygens (including phenoxy) is 1. The highest BCUT2D eigenvalue weighted by Crippen LogP contribution is 2.29. The quantitative estimate of drug-likeness (QED) is 0.135. The third-order valence-corrected chi connectivity index (χ3v) is 10.7. The summed E-state index contributed by atoms with van der Waals surface area (Å²) in [6.07, 6.45) is 7.07. The number of aromatic nitrogens is 6. The summed E-state index contributed by atoms with van der Waals surface area (Å²) >= 11 is 2.81. The summed E-state index contributed by atoms with van der Waals surface area (Å²) in [4.78, 5) is 39.5. The van der Waals surface area contributed by atoms with Gasteiger partial charge in [0, 0.05) is 47.9 Å². The first kappa shape index (κ1) is 35.2. The number of pyridine rings is 2. The van der Waals surface area contributed by atoms with E-state index in [1.54, 1.807) is 43.8 Å². The molecule has 0 aliphatic carbocycles. The largest absolute Gasteiger partial charge is 0.497 e. The van der Waals surface area contributed by atoms with Gasteiger partial charge in [-0.15, -0.1) is 22.7 Å². The standard InChI is InChI=1S/C20H18N4O2S.C20H18N4OS/c1-24(12-13-4-3-5-16(8-13)26-2)20(25)18-9-14-6-7-17(23-19(14)27-18)15-10-21-22-11-15;1-12-4-3-5-14(8-12)13(2)23-19(25)18-9-15-6-7-17(24-20(15)26-18)16-10-21-22-11-16/h3-11H,12H2,1-2H3,(H,21,22);3-11,13H,1-2H3,(H,21,22)(H,23,25)/t;13-/m.1/s1. The molecular formula is C40H36N8O3S2. The maximum absolute atomic E-state index is 12.8. The van der Waals surface area contributed by atoms with Crippen LogP contribution < -0.4 is 10.1 Å². The van der Waals surface area contributed by atoms with Crippen LogP contribution in [0.1, 0.15) is 49.0 Å². The van der Waals surface area contributed by atoms with Crippen molar-refractivity contribution in [2.24, 2.45) is 0 Å². The lowest BCUT2D eigenvalue weighted by molar-refractivity contribution is 0.0789. The molecule has 3 N–H and O–H groups in total. The van der Waals surface area contributed by atoms with Gasteiger partial charge in [-0.1, -0.05) is 42.0 Å². The number of H-pyrrole nitrogens is 2. The number of carbonyl (C=O) groups excluding carboxylic acids is 2. The summed E-state index contributed by atoms with van der Waals surface area (Å²) in [5, 5.41) is 18.5. The predicted molar refractivity (Wildman–Crippen MR) is 210 cm³/mol. The van der Waals surface area contributed by atoms with Crippen LogP contribution >= 0.6 is 22.7 Å². The number of methoxy groups -OCH3 is 1. The minimum absolute atomic E-state index is 0.0225. The number of benzene rings is 2. The van der Waals surface area contributed by atoms with Crippen molar-refractivity contribution < 1.29 is 14.3 Å². The average molecular weight is 741 g/mol. The molecule has 8 rings (SSSR count). The van der Waals surface area contributed by atoms with Gasteiger partial charge in [-0.05, 0) is 73.5 Å². The molecule has 0 spiro atoms. The van der Waals surface area contributed by atoms with E-state index in [0.29, 0.717) is 16.3 Å². The molecule has 8 aromatic rings. The number of nitrogens with zero attached hydrogens (tertiary/aromatic N) is 5. The molecule has 0 radical (unpaired) electrons. The molecule has 6 heterocycles. The van der Waals surface area contributed by atoms with E-state index in [2.05, 4.69) is 41.7 Å². The van der Waals surface area contributed by atoms with E-state index in [9.17, 15) is 9.59 Å². The topological polar surface area (TPSA) is 142 Å². The number of aromatic amines is 2. The predicted octanol–water partition coefficient (Wildman–Crippen LogP) is 8.45. The van der Waals surface area contributed by atoms with Crippen LogP contribution in [0.4, 0.5) is 0 Å². The van der Waals surface area contributed by atoms with Crippen molar-refractivity contribution in [3.63, 3.8) is 0 Å². The lowest BCUT2D eigenvalue weighted by Gasteiger charge is -2.16. The fourth-order valence-corrected chi connectivity index (χ4v) is 7.71. The van der Waals surface area contributed by atoms with Crippen molar-refractivity contribution in [1.29, 1.82) is 0 Å². The zero-order valence-corrected chi connectivity index (χ0v) is 31.1. The number of nitrogens with one attached hydrogen (secondary N) is 3. The Morgan fingerprint density at radius 3 is 2.04 bits per heavy atom. The normalized spacial score (nSPS) is 11.5.